The molecule has 1 aromatic carbocycles. The van der Waals surface area contributed by atoms with Gasteiger partial charge in [0.05, 0.1) is 47.0 Å². The summed E-state index contributed by atoms with van der Waals surface area (Å²) in [7, 11) is 0. The number of thioether (sulfide) groups is 1. The zero-order valence-corrected chi connectivity index (χ0v) is 23.2. The van der Waals surface area contributed by atoms with Crippen LogP contribution in [0.3, 0.4) is 0 Å². The van der Waals surface area contributed by atoms with Crippen molar-refractivity contribution in [1.29, 1.82) is 0 Å². The summed E-state index contributed by atoms with van der Waals surface area (Å²) in [6, 6.07) is 4.23. The average molecular weight is 578 g/mol. The number of aromatic nitrogens is 1. The van der Waals surface area contributed by atoms with Crippen LogP contribution in [0.5, 0.6) is 0 Å². The van der Waals surface area contributed by atoms with Crippen LogP contribution in [0, 0.1) is 25.1 Å². The number of nitrogens with one attached hydrogen (secondary N) is 1. The number of thiophene rings is 1. The highest BCUT2D eigenvalue weighted by Gasteiger charge is 2.27. The molecule has 0 radical (unpaired) electrons. The molecular weight excluding hydrogens is 553 g/mol. The predicted molar refractivity (Wildman–Crippen MR) is 146 cm³/mol. The summed E-state index contributed by atoms with van der Waals surface area (Å²) in [5.41, 5.74) is 1.11. The fraction of sp³-hybridized carbons (Fsp3) is 0.320. The molecule has 0 unspecified atom stereocenters. The van der Waals surface area contributed by atoms with Crippen molar-refractivity contribution in [2.24, 2.45) is 4.99 Å². The molecule has 13 heteroatoms. The van der Waals surface area contributed by atoms with E-state index < -0.39 is 29.6 Å². The van der Waals surface area contributed by atoms with Crippen LogP contribution in [0.1, 0.15) is 39.4 Å². The number of amides is 2. The highest BCUT2D eigenvalue weighted by molar-refractivity contribution is 8.00. The van der Waals surface area contributed by atoms with E-state index in [1.165, 1.54) is 12.1 Å². The quantitative estimate of drug-likeness (QED) is 0.286. The molecule has 0 saturated carbocycles. The molecule has 2 heterocycles. The molecule has 0 aliphatic rings. The predicted octanol–water partition coefficient (Wildman–Crippen LogP) is 4.00. The maximum absolute atomic E-state index is 13.6. The molecule has 0 bridgehead atoms. The van der Waals surface area contributed by atoms with E-state index in [1.807, 2.05) is 0 Å². The van der Waals surface area contributed by atoms with Crippen LogP contribution < -0.4 is 10.1 Å². The number of anilines is 1. The summed E-state index contributed by atoms with van der Waals surface area (Å²) >= 11 is 3.08. The van der Waals surface area contributed by atoms with Crippen molar-refractivity contribution in [3.05, 3.63) is 44.8 Å². The Morgan fingerprint density at radius 3 is 2.53 bits per heavy atom. The van der Waals surface area contributed by atoms with Gasteiger partial charge in [-0.25, -0.2) is 14.0 Å². The number of carbonyl (C=O) groups excluding carboxylic acids is 4. The lowest BCUT2D eigenvalue weighted by atomic mass is 10.1. The van der Waals surface area contributed by atoms with E-state index in [2.05, 4.69) is 16.2 Å². The Morgan fingerprint density at radius 2 is 1.84 bits per heavy atom. The van der Waals surface area contributed by atoms with Gasteiger partial charge >= 0.3 is 11.9 Å². The number of hydrogen-bond donors (Lipinski definition) is 1. The van der Waals surface area contributed by atoms with Gasteiger partial charge in [-0.1, -0.05) is 17.3 Å². The van der Waals surface area contributed by atoms with E-state index in [4.69, 9.17) is 15.9 Å². The molecule has 0 aliphatic heterocycles. The first kappa shape index (κ1) is 29.1. The molecule has 2 amide bonds. The Kier molecular flexibility index (Phi) is 10.2. The van der Waals surface area contributed by atoms with E-state index >= 15 is 0 Å². The first-order chi connectivity index (χ1) is 18.2. The van der Waals surface area contributed by atoms with Crippen molar-refractivity contribution >= 4 is 73.4 Å². The van der Waals surface area contributed by atoms with E-state index in [-0.39, 0.29) is 46.7 Å². The minimum atomic E-state index is -0.669. The summed E-state index contributed by atoms with van der Waals surface area (Å²) in [6.07, 6.45) is 5.44. The van der Waals surface area contributed by atoms with Crippen LogP contribution in [0.25, 0.3) is 10.2 Å². The normalized spacial score (nSPS) is 11.3. The van der Waals surface area contributed by atoms with Gasteiger partial charge in [0, 0.05) is 0 Å². The number of fused-ring (bicyclic) bond motifs is 1. The van der Waals surface area contributed by atoms with Crippen LogP contribution in [0.2, 0.25) is 0 Å². The highest BCUT2D eigenvalue weighted by Crippen LogP contribution is 2.34. The summed E-state index contributed by atoms with van der Waals surface area (Å²) in [6.45, 7) is 5.32. The number of hydrogen-bond acceptors (Lipinski definition) is 9. The van der Waals surface area contributed by atoms with Crippen molar-refractivity contribution < 1.29 is 33.0 Å². The van der Waals surface area contributed by atoms with Gasteiger partial charge in [0.2, 0.25) is 5.91 Å². The Bertz CT molecular complexity index is 1500. The van der Waals surface area contributed by atoms with Gasteiger partial charge in [0.1, 0.15) is 15.7 Å². The molecule has 0 aliphatic carbocycles. The van der Waals surface area contributed by atoms with Gasteiger partial charge in [-0.05, 0) is 44.5 Å². The number of halogens is 1. The number of thiazole rings is 1. The number of rotatable bonds is 10. The van der Waals surface area contributed by atoms with Gasteiger partial charge in [-0.2, -0.15) is 4.99 Å². The second-order valence-electron chi connectivity index (χ2n) is 7.53. The smallest absolute Gasteiger partial charge is 0.348 e. The third kappa shape index (κ3) is 6.89. The second kappa shape index (κ2) is 13.4. The summed E-state index contributed by atoms with van der Waals surface area (Å²) < 4.78 is 26.0. The molecule has 3 aromatic rings. The van der Waals surface area contributed by atoms with Crippen molar-refractivity contribution in [2.75, 3.05) is 30.0 Å². The minimum Gasteiger partial charge on any atom is -0.462 e. The standard InChI is InChI=1S/C25H24FN3O6S3/c1-5-10-29-16-9-8-15(26)11-17(16)37-25(29)28-19(31)13-36-12-18(30)27-22-20(23(32)34-6-2)14(4)21(38-22)24(33)35-7-3/h1,8-9,11H,6-7,10,12-13H2,2-4H3,(H,27,30). The molecule has 0 saturated heterocycles. The molecule has 1 N–H and O–H groups in total. The van der Waals surface area contributed by atoms with Crippen LogP contribution >= 0.6 is 34.4 Å². The third-order valence-electron chi connectivity index (χ3n) is 4.91. The Balaban J connectivity index is 1.70. The molecule has 0 atom stereocenters. The van der Waals surface area contributed by atoms with Gasteiger partial charge in [0.25, 0.3) is 5.91 Å². The van der Waals surface area contributed by atoms with Crippen molar-refractivity contribution in [2.45, 2.75) is 27.3 Å². The van der Waals surface area contributed by atoms with E-state index in [0.717, 1.165) is 34.4 Å². The van der Waals surface area contributed by atoms with E-state index in [0.29, 0.717) is 20.6 Å². The fourth-order valence-electron chi connectivity index (χ4n) is 3.35. The second-order valence-corrected chi connectivity index (χ2v) is 10.6. The number of nitrogens with zero attached hydrogens (tertiary/aromatic N) is 2. The SMILES string of the molecule is C#CCn1c(=NC(=O)CSCC(=O)Nc2sc(C(=O)OCC)c(C)c2C(=O)OCC)sc2cc(F)ccc21. The first-order valence-electron chi connectivity index (χ1n) is 11.3. The van der Waals surface area contributed by atoms with Crippen LogP contribution in [0.15, 0.2) is 23.2 Å². The molecule has 0 fully saturated rings. The highest BCUT2D eigenvalue weighted by atomic mass is 32.2. The summed E-state index contributed by atoms with van der Waals surface area (Å²) in [4.78, 5) is 54.5. The average Bonchev–Trinajstić information content (AvgIpc) is 3.35. The maximum Gasteiger partial charge on any atom is 0.348 e. The summed E-state index contributed by atoms with van der Waals surface area (Å²) in [5, 5.41) is 2.79. The molecular formula is C25H24FN3O6S3. The molecule has 200 valence electrons. The Morgan fingerprint density at radius 1 is 1.13 bits per heavy atom. The van der Waals surface area contributed by atoms with Crippen LogP contribution in [-0.2, 0) is 25.6 Å². The van der Waals surface area contributed by atoms with Crippen molar-refractivity contribution in [3.63, 3.8) is 0 Å². The molecule has 38 heavy (non-hydrogen) atoms. The number of benzene rings is 1. The topological polar surface area (TPSA) is 116 Å². The van der Waals surface area contributed by atoms with Crippen molar-refractivity contribution in [3.8, 4) is 12.3 Å². The van der Waals surface area contributed by atoms with Gasteiger partial charge in [0.15, 0.2) is 4.80 Å². The van der Waals surface area contributed by atoms with Crippen LogP contribution in [0.4, 0.5) is 9.39 Å². The molecule has 3 rings (SSSR count). The zero-order chi connectivity index (χ0) is 27.8. The number of ether oxygens (including phenoxy) is 2. The van der Waals surface area contributed by atoms with Crippen molar-refractivity contribution in [1.82, 2.24) is 4.57 Å². The minimum absolute atomic E-state index is 0.0867. The Labute approximate surface area is 230 Å². The summed E-state index contributed by atoms with van der Waals surface area (Å²) in [5.74, 6) is -0.379. The number of terminal acetylenes is 1. The zero-order valence-electron chi connectivity index (χ0n) is 20.8. The fourth-order valence-corrected chi connectivity index (χ4v) is 6.13. The maximum atomic E-state index is 13.6. The van der Waals surface area contributed by atoms with Gasteiger partial charge in [-0.15, -0.1) is 29.5 Å². The number of esters is 2. The van der Waals surface area contributed by atoms with Gasteiger partial charge < -0.3 is 19.4 Å². The van der Waals surface area contributed by atoms with Crippen LogP contribution in [-0.4, -0.2) is 53.0 Å². The largest absolute Gasteiger partial charge is 0.462 e. The lowest BCUT2D eigenvalue weighted by Crippen LogP contribution is -2.19. The van der Waals surface area contributed by atoms with E-state index in [9.17, 15) is 23.6 Å². The molecule has 9 nitrogen and oxygen atoms in total. The first-order valence-corrected chi connectivity index (χ1v) is 14.1. The van der Waals surface area contributed by atoms with Gasteiger partial charge in [-0.3, -0.25) is 9.59 Å². The monoisotopic (exact) mass is 577 g/mol. The lowest BCUT2D eigenvalue weighted by Gasteiger charge is -2.06. The number of carbonyl (C=O) groups is 4. The third-order valence-corrected chi connectivity index (χ3v) is 8.06. The molecule has 2 aromatic heterocycles. The molecule has 0 spiro atoms. The van der Waals surface area contributed by atoms with E-state index in [1.54, 1.807) is 31.4 Å². The Hall–Kier alpha value is -3.47. The lowest BCUT2D eigenvalue weighted by molar-refractivity contribution is -0.115.